The van der Waals surface area contributed by atoms with Crippen molar-refractivity contribution >= 4 is 27.3 Å². The first-order chi connectivity index (χ1) is 9.37. The highest BCUT2D eigenvalue weighted by Crippen LogP contribution is 2.34. The molecule has 6 heteroatoms. The second kappa shape index (κ2) is 5.92. The molecule has 0 spiro atoms. The third-order valence-electron chi connectivity index (χ3n) is 3.65. The Bertz CT molecular complexity index is 574. The molecule has 2 N–H and O–H groups in total. The van der Waals surface area contributed by atoms with Crippen molar-refractivity contribution in [1.82, 2.24) is 4.31 Å². The van der Waals surface area contributed by atoms with Crippen LogP contribution in [0.1, 0.15) is 38.2 Å². The van der Waals surface area contributed by atoms with Crippen molar-refractivity contribution in [3.05, 3.63) is 22.7 Å². The monoisotopic (exact) mass is 316 g/mol. The molecular formula is C14H21ClN2O2S. The van der Waals surface area contributed by atoms with E-state index >= 15 is 0 Å². The van der Waals surface area contributed by atoms with Gasteiger partial charge in [0.25, 0.3) is 0 Å². The second-order valence-electron chi connectivity index (χ2n) is 5.32. The predicted octanol–water partition coefficient (Wildman–Crippen LogP) is 3.18. The highest BCUT2D eigenvalue weighted by Gasteiger charge is 2.37. The summed E-state index contributed by atoms with van der Waals surface area (Å²) in [7, 11) is -3.50. The van der Waals surface area contributed by atoms with E-state index in [9.17, 15) is 8.42 Å². The lowest BCUT2D eigenvalue weighted by Gasteiger charge is -2.22. The van der Waals surface area contributed by atoms with Gasteiger partial charge in [0.1, 0.15) is 0 Å². The van der Waals surface area contributed by atoms with Gasteiger partial charge in [-0.1, -0.05) is 24.9 Å². The fourth-order valence-corrected chi connectivity index (χ4v) is 4.21. The number of sulfonamides is 1. The molecule has 20 heavy (non-hydrogen) atoms. The number of nitrogen functional groups attached to an aromatic ring is 1. The van der Waals surface area contributed by atoms with Crippen molar-refractivity contribution in [2.45, 2.75) is 50.5 Å². The molecule has 0 unspecified atom stereocenters. The van der Waals surface area contributed by atoms with E-state index in [4.69, 9.17) is 17.3 Å². The molecule has 1 aliphatic rings. The Morgan fingerprint density at radius 1 is 1.40 bits per heavy atom. The molecule has 0 amide bonds. The summed E-state index contributed by atoms with van der Waals surface area (Å²) in [6, 6.07) is 3.16. The van der Waals surface area contributed by atoms with Gasteiger partial charge < -0.3 is 5.73 Å². The van der Waals surface area contributed by atoms with Gasteiger partial charge in [0.2, 0.25) is 10.0 Å². The Hall–Kier alpha value is -0.780. The summed E-state index contributed by atoms with van der Waals surface area (Å²) in [5, 5.41) is 0.398. The van der Waals surface area contributed by atoms with E-state index < -0.39 is 10.0 Å². The first kappa shape index (κ1) is 15.6. The zero-order valence-electron chi connectivity index (χ0n) is 11.9. The minimum Gasteiger partial charge on any atom is -0.398 e. The van der Waals surface area contributed by atoms with Crippen LogP contribution in [0, 0.1) is 6.92 Å². The quantitative estimate of drug-likeness (QED) is 0.820. The lowest BCUT2D eigenvalue weighted by molar-refractivity contribution is 0.396. The molecule has 0 heterocycles. The van der Waals surface area contributed by atoms with Crippen molar-refractivity contribution < 1.29 is 8.42 Å². The highest BCUT2D eigenvalue weighted by atomic mass is 35.5. The molecule has 0 radical (unpaired) electrons. The van der Waals surface area contributed by atoms with Gasteiger partial charge in [0.15, 0.2) is 0 Å². The number of hydrogen-bond acceptors (Lipinski definition) is 3. The molecule has 1 fully saturated rings. The molecular weight excluding hydrogens is 296 g/mol. The second-order valence-corrected chi connectivity index (χ2v) is 7.62. The van der Waals surface area contributed by atoms with Gasteiger partial charge in [-0.15, -0.1) is 0 Å². The summed E-state index contributed by atoms with van der Waals surface area (Å²) in [5.41, 5.74) is 6.98. The van der Waals surface area contributed by atoms with Crippen molar-refractivity contribution in [2.75, 3.05) is 12.3 Å². The number of anilines is 1. The minimum absolute atomic E-state index is 0.146. The van der Waals surface area contributed by atoms with Crippen LogP contribution in [-0.2, 0) is 10.0 Å². The summed E-state index contributed by atoms with van der Waals surface area (Å²) in [5.74, 6) is 0. The molecule has 0 saturated heterocycles. The summed E-state index contributed by atoms with van der Waals surface area (Å²) in [6.07, 6.45) is 3.72. The SMILES string of the molecule is CCCCN(C1CC1)S(=O)(=O)c1cc(N)c(C)c(Cl)c1. The third kappa shape index (κ3) is 3.10. The molecule has 0 aliphatic heterocycles. The van der Waals surface area contributed by atoms with Crippen LogP contribution in [0.25, 0.3) is 0 Å². The number of nitrogens with two attached hydrogens (primary N) is 1. The zero-order valence-corrected chi connectivity index (χ0v) is 13.5. The molecule has 2 rings (SSSR count). The van der Waals surface area contributed by atoms with E-state index in [1.54, 1.807) is 11.2 Å². The number of hydrogen-bond donors (Lipinski definition) is 1. The predicted molar refractivity (Wildman–Crippen MR) is 82.4 cm³/mol. The van der Waals surface area contributed by atoms with E-state index in [2.05, 4.69) is 6.92 Å². The van der Waals surface area contributed by atoms with Gasteiger partial charge in [-0.2, -0.15) is 4.31 Å². The van der Waals surface area contributed by atoms with E-state index in [-0.39, 0.29) is 10.9 Å². The van der Waals surface area contributed by atoms with E-state index in [1.807, 2.05) is 0 Å². The fourth-order valence-electron chi connectivity index (χ4n) is 2.13. The first-order valence-electron chi connectivity index (χ1n) is 6.95. The van der Waals surface area contributed by atoms with Gasteiger partial charge in [-0.05, 0) is 43.9 Å². The molecule has 0 bridgehead atoms. The molecule has 4 nitrogen and oxygen atoms in total. The number of halogens is 1. The Labute approximate surface area is 126 Å². The molecule has 0 aromatic heterocycles. The fraction of sp³-hybridized carbons (Fsp3) is 0.571. The Balaban J connectivity index is 2.37. The van der Waals surface area contributed by atoms with E-state index in [0.29, 0.717) is 17.3 Å². The average molecular weight is 317 g/mol. The van der Waals surface area contributed by atoms with Crippen molar-refractivity contribution in [3.63, 3.8) is 0 Å². The number of benzene rings is 1. The summed E-state index contributed by atoms with van der Waals surface area (Å²) in [4.78, 5) is 0.202. The van der Waals surface area contributed by atoms with Crippen molar-refractivity contribution in [1.29, 1.82) is 0 Å². The Kier molecular flexibility index (Phi) is 4.62. The van der Waals surface area contributed by atoms with E-state index in [1.165, 1.54) is 12.1 Å². The molecule has 0 atom stereocenters. The number of rotatable bonds is 6. The molecule has 1 saturated carbocycles. The molecule has 1 aliphatic carbocycles. The van der Waals surface area contributed by atoms with Gasteiger partial charge in [0.05, 0.1) is 4.90 Å². The van der Waals surface area contributed by atoms with Gasteiger partial charge in [-0.3, -0.25) is 0 Å². The van der Waals surface area contributed by atoms with Crippen LogP contribution < -0.4 is 5.73 Å². The molecule has 1 aromatic carbocycles. The van der Waals surface area contributed by atoms with Crippen molar-refractivity contribution in [3.8, 4) is 0 Å². The normalized spacial score (nSPS) is 15.8. The minimum atomic E-state index is -3.50. The van der Waals surface area contributed by atoms with Crippen LogP contribution in [0.4, 0.5) is 5.69 Å². The topological polar surface area (TPSA) is 63.4 Å². The maximum absolute atomic E-state index is 12.7. The van der Waals surface area contributed by atoms with Gasteiger partial charge in [0, 0.05) is 23.3 Å². The van der Waals surface area contributed by atoms with Gasteiger partial charge in [-0.25, -0.2) is 8.42 Å². The van der Waals surface area contributed by atoms with Gasteiger partial charge >= 0.3 is 0 Å². The zero-order chi connectivity index (χ0) is 14.9. The summed E-state index contributed by atoms with van der Waals surface area (Å²) in [6.45, 7) is 4.40. The lowest BCUT2D eigenvalue weighted by atomic mass is 10.2. The van der Waals surface area contributed by atoms with Crippen LogP contribution in [-0.4, -0.2) is 25.3 Å². The maximum atomic E-state index is 12.7. The lowest BCUT2D eigenvalue weighted by Crippen LogP contribution is -2.34. The maximum Gasteiger partial charge on any atom is 0.243 e. The van der Waals surface area contributed by atoms with Crippen LogP contribution in [0.15, 0.2) is 17.0 Å². The van der Waals surface area contributed by atoms with Crippen LogP contribution in [0.2, 0.25) is 5.02 Å². The van der Waals surface area contributed by atoms with Crippen LogP contribution in [0.3, 0.4) is 0 Å². The smallest absolute Gasteiger partial charge is 0.243 e. The molecule has 1 aromatic rings. The largest absolute Gasteiger partial charge is 0.398 e. The van der Waals surface area contributed by atoms with Crippen LogP contribution >= 0.6 is 11.6 Å². The van der Waals surface area contributed by atoms with E-state index in [0.717, 1.165) is 31.2 Å². The highest BCUT2D eigenvalue weighted by molar-refractivity contribution is 7.89. The average Bonchev–Trinajstić information content (AvgIpc) is 3.20. The number of unbranched alkanes of at least 4 members (excludes halogenated alkanes) is 1. The standard InChI is InChI=1S/C14H21ClN2O2S/c1-3-4-7-17(11-5-6-11)20(18,19)12-8-13(15)10(2)14(16)9-12/h8-9,11H,3-7,16H2,1-2H3. The Morgan fingerprint density at radius 3 is 2.55 bits per heavy atom. The summed E-state index contributed by atoms with van der Waals surface area (Å²) < 4.78 is 27.1. The third-order valence-corrected chi connectivity index (χ3v) is 5.97. The number of nitrogens with zero attached hydrogens (tertiary/aromatic N) is 1. The molecule has 112 valence electrons. The van der Waals surface area contributed by atoms with Crippen LogP contribution in [0.5, 0.6) is 0 Å². The summed E-state index contributed by atoms with van der Waals surface area (Å²) >= 11 is 6.07. The first-order valence-corrected chi connectivity index (χ1v) is 8.77. The van der Waals surface area contributed by atoms with Crippen molar-refractivity contribution in [2.24, 2.45) is 0 Å². The Morgan fingerprint density at radius 2 is 2.05 bits per heavy atom.